The number of nitrogens with zero attached hydrogens (tertiary/aromatic N) is 2. The van der Waals surface area contributed by atoms with Crippen molar-refractivity contribution in [2.75, 3.05) is 11.9 Å². The molecular weight excluding hydrogens is 373 g/mol. The van der Waals surface area contributed by atoms with E-state index in [-0.39, 0.29) is 0 Å². The number of aromatic nitrogens is 2. The Hall–Kier alpha value is -1.17. The van der Waals surface area contributed by atoms with Gasteiger partial charge in [0.05, 0.1) is 9.26 Å². The van der Waals surface area contributed by atoms with Gasteiger partial charge in [-0.1, -0.05) is 45.0 Å². The summed E-state index contributed by atoms with van der Waals surface area (Å²) < 4.78 is 1.10. The molecule has 1 N–H and O–H groups in total. The molecule has 2 aromatic rings. The predicted octanol–water partition coefficient (Wildman–Crippen LogP) is 5.00. The van der Waals surface area contributed by atoms with E-state index in [2.05, 4.69) is 82.9 Å². The largest absolute Gasteiger partial charge is 0.369 e. The molecule has 0 radical (unpaired) electrons. The van der Waals surface area contributed by atoms with Crippen LogP contribution >= 0.6 is 22.6 Å². The lowest BCUT2D eigenvalue weighted by Crippen LogP contribution is -2.07. The van der Waals surface area contributed by atoms with Crippen LogP contribution < -0.4 is 5.32 Å². The number of hydrogen-bond donors (Lipinski definition) is 1. The van der Waals surface area contributed by atoms with E-state index in [4.69, 9.17) is 0 Å². The van der Waals surface area contributed by atoms with Gasteiger partial charge in [-0.15, -0.1) is 0 Å². The fourth-order valence-corrected chi connectivity index (χ4v) is 2.50. The van der Waals surface area contributed by atoms with Crippen molar-refractivity contribution in [1.82, 2.24) is 9.97 Å². The molecular formula is C17H22IN3. The van der Waals surface area contributed by atoms with Crippen molar-refractivity contribution < 1.29 is 0 Å². The summed E-state index contributed by atoms with van der Waals surface area (Å²) in [7, 11) is 0. The normalized spacial score (nSPS) is 11.0. The minimum Gasteiger partial charge on any atom is -0.369 e. The Morgan fingerprint density at radius 1 is 1.14 bits per heavy atom. The van der Waals surface area contributed by atoms with Crippen LogP contribution in [-0.2, 0) is 0 Å². The Kier molecular flexibility index (Phi) is 5.56. The standard InChI is InChI=1S/C17H22IN3/c1-5-10-19-17-15(18)12(4)20-16(21-17)14-8-6-13(7-9-14)11(2)3/h6-9,11H,5,10H2,1-4H3,(H,19,20,21). The van der Waals surface area contributed by atoms with Gasteiger partial charge in [0.25, 0.3) is 0 Å². The summed E-state index contributed by atoms with van der Waals surface area (Å²) in [6, 6.07) is 8.55. The van der Waals surface area contributed by atoms with Gasteiger partial charge >= 0.3 is 0 Å². The Morgan fingerprint density at radius 2 is 1.81 bits per heavy atom. The van der Waals surface area contributed by atoms with Gasteiger partial charge in [0.1, 0.15) is 5.82 Å². The molecule has 0 saturated heterocycles. The smallest absolute Gasteiger partial charge is 0.161 e. The van der Waals surface area contributed by atoms with Gasteiger partial charge in [-0.3, -0.25) is 0 Å². The van der Waals surface area contributed by atoms with Crippen molar-refractivity contribution in [1.29, 1.82) is 0 Å². The minimum atomic E-state index is 0.542. The number of rotatable bonds is 5. The summed E-state index contributed by atoms with van der Waals surface area (Å²) in [5, 5.41) is 3.38. The van der Waals surface area contributed by atoms with Crippen molar-refractivity contribution in [3.05, 3.63) is 39.1 Å². The maximum absolute atomic E-state index is 4.69. The third kappa shape index (κ3) is 3.93. The van der Waals surface area contributed by atoms with E-state index in [9.17, 15) is 0 Å². The van der Waals surface area contributed by atoms with Crippen molar-refractivity contribution in [3.8, 4) is 11.4 Å². The van der Waals surface area contributed by atoms with Crippen LogP contribution in [0, 0.1) is 10.5 Å². The van der Waals surface area contributed by atoms with Gasteiger partial charge in [-0.2, -0.15) is 0 Å². The van der Waals surface area contributed by atoms with E-state index in [0.717, 1.165) is 39.4 Å². The van der Waals surface area contributed by atoms with Gasteiger partial charge in [0.15, 0.2) is 5.82 Å². The van der Waals surface area contributed by atoms with E-state index in [0.29, 0.717) is 5.92 Å². The summed E-state index contributed by atoms with van der Waals surface area (Å²) in [6.07, 6.45) is 1.08. The van der Waals surface area contributed by atoms with Crippen LogP contribution in [0.4, 0.5) is 5.82 Å². The molecule has 0 aliphatic heterocycles. The first kappa shape index (κ1) is 16.2. The molecule has 0 bridgehead atoms. The second-order valence-corrected chi connectivity index (χ2v) is 6.58. The second-order valence-electron chi connectivity index (χ2n) is 5.50. The summed E-state index contributed by atoms with van der Waals surface area (Å²) in [6.45, 7) is 9.52. The monoisotopic (exact) mass is 395 g/mol. The van der Waals surface area contributed by atoms with Gasteiger partial charge in [0, 0.05) is 12.1 Å². The number of benzene rings is 1. The molecule has 21 heavy (non-hydrogen) atoms. The zero-order chi connectivity index (χ0) is 15.4. The molecule has 1 aromatic carbocycles. The molecule has 1 heterocycles. The summed E-state index contributed by atoms with van der Waals surface area (Å²) in [5.74, 6) is 2.27. The number of hydrogen-bond acceptors (Lipinski definition) is 3. The van der Waals surface area contributed by atoms with Crippen molar-refractivity contribution >= 4 is 28.4 Å². The van der Waals surface area contributed by atoms with Crippen LogP contribution in [0.15, 0.2) is 24.3 Å². The molecule has 0 spiro atoms. The van der Waals surface area contributed by atoms with E-state index >= 15 is 0 Å². The number of nitrogens with one attached hydrogen (secondary N) is 1. The third-order valence-electron chi connectivity index (χ3n) is 3.39. The van der Waals surface area contributed by atoms with Gasteiger partial charge in [-0.25, -0.2) is 9.97 Å². The first-order chi connectivity index (χ1) is 10.0. The van der Waals surface area contributed by atoms with Crippen LogP contribution in [0.25, 0.3) is 11.4 Å². The summed E-state index contributed by atoms with van der Waals surface area (Å²) in [4.78, 5) is 9.31. The van der Waals surface area contributed by atoms with Crippen molar-refractivity contribution in [2.24, 2.45) is 0 Å². The van der Waals surface area contributed by atoms with E-state index in [1.54, 1.807) is 0 Å². The molecule has 112 valence electrons. The van der Waals surface area contributed by atoms with E-state index in [1.165, 1.54) is 5.56 Å². The van der Waals surface area contributed by atoms with E-state index < -0.39 is 0 Å². The summed E-state index contributed by atoms with van der Waals surface area (Å²) in [5.41, 5.74) is 3.43. The zero-order valence-electron chi connectivity index (χ0n) is 13.1. The lowest BCUT2D eigenvalue weighted by atomic mass is 10.0. The second kappa shape index (κ2) is 7.20. The van der Waals surface area contributed by atoms with Crippen molar-refractivity contribution in [3.63, 3.8) is 0 Å². The highest BCUT2D eigenvalue weighted by atomic mass is 127. The quantitative estimate of drug-likeness (QED) is 0.724. The molecule has 0 saturated carbocycles. The highest BCUT2D eigenvalue weighted by molar-refractivity contribution is 14.1. The Balaban J connectivity index is 2.36. The molecule has 0 amide bonds. The topological polar surface area (TPSA) is 37.8 Å². The molecule has 2 rings (SSSR count). The Bertz CT molecular complexity index is 606. The van der Waals surface area contributed by atoms with Gasteiger partial charge in [-0.05, 0) is 47.4 Å². The first-order valence-electron chi connectivity index (χ1n) is 7.41. The maximum atomic E-state index is 4.69. The molecule has 0 atom stereocenters. The number of anilines is 1. The van der Waals surface area contributed by atoms with Gasteiger partial charge < -0.3 is 5.32 Å². The van der Waals surface area contributed by atoms with Crippen LogP contribution in [0.3, 0.4) is 0 Å². The van der Waals surface area contributed by atoms with Gasteiger partial charge in [0.2, 0.25) is 0 Å². The average molecular weight is 395 g/mol. The fourth-order valence-electron chi connectivity index (χ4n) is 2.07. The number of halogens is 1. The maximum Gasteiger partial charge on any atom is 0.161 e. The molecule has 0 aliphatic rings. The fraction of sp³-hybridized carbons (Fsp3) is 0.412. The molecule has 1 aromatic heterocycles. The minimum absolute atomic E-state index is 0.542. The Labute approximate surface area is 140 Å². The third-order valence-corrected chi connectivity index (χ3v) is 4.69. The SMILES string of the molecule is CCCNc1nc(-c2ccc(C(C)C)cc2)nc(C)c1I. The highest BCUT2D eigenvalue weighted by Crippen LogP contribution is 2.25. The molecule has 4 heteroatoms. The average Bonchev–Trinajstić information content (AvgIpc) is 2.48. The van der Waals surface area contributed by atoms with Crippen LogP contribution in [0.5, 0.6) is 0 Å². The van der Waals surface area contributed by atoms with E-state index in [1.807, 2.05) is 6.92 Å². The molecule has 0 unspecified atom stereocenters. The lowest BCUT2D eigenvalue weighted by Gasteiger charge is -2.11. The zero-order valence-corrected chi connectivity index (χ0v) is 15.2. The van der Waals surface area contributed by atoms with Crippen LogP contribution in [0.2, 0.25) is 0 Å². The predicted molar refractivity (Wildman–Crippen MR) is 97.8 cm³/mol. The van der Waals surface area contributed by atoms with Crippen LogP contribution in [-0.4, -0.2) is 16.5 Å². The first-order valence-corrected chi connectivity index (χ1v) is 8.49. The van der Waals surface area contributed by atoms with Crippen LogP contribution in [0.1, 0.15) is 44.4 Å². The highest BCUT2D eigenvalue weighted by Gasteiger charge is 2.10. The molecule has 0 aliphatic carbocycles. The number of aryl methyl sites for hydroxylation is 1. The molecule has 3 nitrogen and oxygen atoms in total. The lowest BCUT2D eigenvalue weighted by molar-refractivity contribution is 0.866. The summed E-state index contributed by atoms with van der Waals surface area (Å²) >= 11 is 2.31. The Morgan fingerprint density at radius 3 is 2.38 bits per heavy atom. The van der Waals surface area contributed by atoms with Crippen molar-refractivity contribution in [2.45, 2.75) is 40.0 Å². The molecule has 0 fully saturated rings.